The molecule has 0 saturated heterocycles. The first kappa shape index (κ1) is 11.2. The van der Waals surface area contributed by atoms with E-state index >= 15 is 0 Å². The third kappa shape index (κ3) is 4.55. The van der Waals surface area contributed by atoms with Crippen molar-refractivity contribution in [3.8, 4) is 0 Å². The van der Waals surface area contributed by atoms with Gasteiger partial charge >= 0.3 is 0 Å². The lowest BCUT2D eigenvalue weighted by Gasteiger charge is -2.07. The molecule has 0 aliphatic carbocycles. The molecule has 0 aromatic rings. The fourth-order valence-electron chi connectivity index (χ4n) is 0.671. The van der Waals surface area contributed by atoms with Gasteiger partial charge in [0.2, 0.25) is 0 Å². The Balaban J connectivity index is 0. The molecular formula is C6H17OP. The smallest absolute Gasteiger partial charge is 0.0355 e. The van der Waals surface area contributed by atoms with E-state index in [1.54, 1.807) is 0 Å². The molecule has 0 radical (unpaired) electrons. The lowest BCUT2D eigenvalue weighted by Crippen LogP contribution is -1.83. The van der Waals surface area contributed by atoms with Crippen molar-refractivity contribution in [3.63, 3.8) is 0 Å². The first-order valence-corrected chi connectivity index (χ1v) is 4.97. The van der Waals surface area contributed by atoms with E-state index in [2.05, 4.69) is 20.8 Å². The van der Waals surface area contributed by atoms with E-state index in [9.17, 15) is 0 Å². The van der Waals surface area contributed by atoms with Gasteiger partial charge in [-0.15, -0.1) is 7.92 Å². The minimum Gasteiger partial charge on any atom is -0.412 e. The average Bonchev–Trinajstić information content (AvgIpc) is 1.72. The number of hydrogen-bond acceptors (Lipinski definition) is 0. The Kier molecular flexibility index (Phi) is 10.4. The topological polar surface area (TPSA) is 31.5 Å². The molecule has 0 fully saturated rings. The van der Waals surface area contributed by atoms with Gasteiger partial charge in [0.05, 0.1) is 0 Å². The van der Waals surface area contributed by atoms with Crippen LogP contribution in [-0.2, 0) is 0 Å². The molecule has 0 unspecified atom stereocenters. The van der Waals surface area contributed by atoms with Crippen molar-refractivity contribution in [1.82, 2.24) is 0 Å². The number of hydrogen-bond donors (Lipinski definition) is 0. The maximum absolute atomic E-state index is 2.29. The standard InChI is InChI=1S/C6H15P.H2O/c1-4-7(5-2)6-3;/h4-6H2,1-3H3;1H2. The predicted molar refractivity (Wildman–Crippen MR) is 42.2 cm³/mol. The Hall–Kier alpha value is 0.390. The summed E-state index contributed by atoms with van der Waals surface area (Å²) in [4.78, 5) is 0. The van der Waals surface area contributed by atoms with Crippen LogP contribution >= 0.6 is 7.92 Å². The monoisotopic (exact) mass is 136 g/mol. The average molecular weight is 136 g/mol. The van der Waals surface area contributed by atoms with E-state index in [1.165, 1.54) is 18.5 Å². The molecule has 0 atom stereocenters. The molecule has 0 bridgehead atoms. The molecule has 0 saturated carbocycles. The van der Waals surface area contributed by atoms with E-state index in [-0.39, 0.29) is 5.48 Å². The van der Waals surface area contributed by atoms with E-state index in [4.69, 9.17) is 0 Å². The van der Waals surface area contributed by atoms with E-state index in [1.807, 2.05) is 0 Å². The summed E-state index contributed by atoms with van der Waals surface area (Å²) in [5, 5.41) is 0. The molecule has 0 spiro atoms. The van der Waals surface area contributed by atoms with Crippen LogP contribution in [0.2, 0.25) is 0 Å². The van der Waals surface area contributed by atoms with E-state index < -0.39 is 0 Å². The fourth-order valence-corrected chi connectivity index (χ4v) is 2.01. The Bertz CT molecular complexity index is 30.0. The van der Waals surface area contributed by atoms with Crippen LogP contribution in [0.15, 0.2) is 0 Å². The molecule has 0 aliphatic rings. The molecule has 52 valence electrons. The van der Waals surface area contributed by atoms with Crippen molar-refractivity contribution >= 4 is 7.92 Å². The van der Waals surface area contributed by atoms with Crippen molar-refractivity contribution in [2.24, 2.45) is 0 Å². The summed E-state index contributed by atoms with van der Waals surface area (Å²) in [6, 6.07) is 0. The van der Waals surface area contributed by atoms with Crippen LogP contribution < -0.4 is 0 Å². The predicted octanol–water partition coefficient (Wildman–Crippen LogP) is 1.70. The summed E-state index contributed by atoms with van der Waals surface area (Å²) in [6.07, 6.45) is 4.26. The Morgan fingerprint density at radius 2 is 1.12 bits per heavy atom. The summed E-state index contributed by atoms with van der Waals surface area (Å²) in [7, 11) is 0.446. The third-order valence-electron chi connectivity index (χ3n) is 1.34. The highest BCUT2D eigenvalue weighted by Crippen LogP contribution is 2.32. The highest BCUT2D eigenvalue weighted by Gasteiger charge is 1.94. The molecule has 0 amide bonds. The van der Waals surface area contributed by atoms with Gasteiger partial charge in [-0.3, -0.25) is 0 Å². The van der Waals surface area contributed by atoms with Crippen LogP contribution in [-0.4, -0.2) is 24.0 Å². The quantitative estimate of drug-likeness (QED) is 0.529. The Morgan fingerprint density at radius 1 is 0.875 bits per heavy atom. The van der Waals surface area contributed by atoms with Crippen molar-refractivity contribution in [3.05, 3.63) is 0 Å². The summed E-state index contributed by atoms with van der Waals surface area (Å²) in [5.41, 5.74) is 0. The van der Waals surface area contributed by atoms with Crippen LogP contribution in [0.1, 0.15) is 20.8 Å². The Labute approximate surface area is 53.5 Å². The molecule has 0 aromatic carbocycles. The molecular weight excluding hydrogens is 119 g/mol. The minimum absolute atomic E-state index is 0. The van der Waals surface area contributed by atoms with Gasteiger partial charge in [-0.25, -0.2) is 0 Å². The van der Waals surface area contributed by atoms with Gasteiger partial charge in [0.1, 0.15) is 0 Å². The molecule has 0 aliphatic heterocycles. The zero-order chi connectivity index (χ0) is 5.70. The lowest BCUT2D eigenvalue weighted by molar-refractivity contribution is 0.824. The second-order valence-corrected chi connectivity index (χ2v) is 4.86. The van der Waals surface area contributed by atoms with Crippen LogP contribution in [0.5, 0.6) is 0 Å². The lowest BCUT2D eigenvalue weighted by atomic mass is 10.9. The van der Waals surface area contributed by atoms with Gasteiger partial charge in [0.25, 0.3) is 0 Å². The molecule has 0 rings (SSSR count). The molecule has 2 N–H and O–H groups in total. The maximum Gasteiger partial charge on any atom is -0.0355 e. The van der Waals surface area contributed by atoms with Crippen LogP contribution in [0, 0.1) is 0 Å². The van der Waals surface area contributed by atoms with Crippen molar-refractivity contribution in [2.45, 2.75) is 20.8 Å². The largest absolute Gasteiger partial charge is 0.412 e. The van der Waals surface area contributed by atoms with Crippen LogP contribution in [0.3, 0.4) is 0 Å². The number of rotatable bonds is 3. The summed E-state index contributed by atoms with van der Waals surface area (Å²) >= 11 is 0. The second kappa shape index (κ2) is 7.39. The van der Waals surface area contributed by atoms with Gasteiger partial charge in [-0.1, -0.05) is 20.8 Å². The third-order valence-corrected chi connectivity index (χ3v) is 4.02. The summed E-state index contributed by atoms with van der Waals surface area (Å²) in [5.74, 6) is 0. The first-order valence-electron chi connectivity index (χ1n) is 3.07. The van der Waals surface area contributed by atoms with E-state index in [0.717, 1.165) is 0 Å². The summed E-state index contributed by atoms with van der Waals surface area (Å²) < 4.78 is 0. The highest BCUT2D eigenvalue weighted by molar-refractivity contribution is 7.57. The Morgan fingerprint density at radius 3 is 1.12 bits per heavy atom. The normalized spacial score (nSPS) is 9.00. The van der Waals surface area contributed by atoms with Gasteiger partial charge in [0.15, 0.2) is 0 Å². The highest BCUT2D eigenvalue weighted by atomic mass is 31.1. The van der Waals surface area contributed by atoms with Gasteiger partial charge in [0, 0.05) is 0 Å². The molecule has 2 heteroatoms. The molecule has 0 aromatic heterocycles. The molecule has 1 nitrogen and oxygen atoms in total. The fraction of sp³-hybridized carbons (Fsp3) is 1.00. The summed E-state index contributed by atoms with van der Waals surface area (Å²) in [6.45, 7) is 6.87. The van der Waals surface area contributed by atoms with Gasteiger partial charge in [-0.2, -0.15) is 0 Å². The van der Waals surface area contributed by atoms with Crippen molar-refractivity contribution in [2.75, 3.05) is 18.5 Å². The second-order valence-electron chi connectivity index (χ2n) is 1.62. The van der Waals surface area contributed by atoms with Crippen molar-refractivity contribution in [1.29, 1.82) is 0 Å². The maximum atomic E-state index is 2.29. The SMILES string of the molecule is CCP(CC)CC.O. The van der Waals surface area contributed by atoms with Crippen LogP contribution in [0.25, 0.3) is 0 Å². The molecule has 8 heavy (non-hydrogen) atoms. The zero-order valence-electron chi connectivity index (χ0n) is 6.07. The van der Waals surface area contributed by atoms with Crippen molar-refractivity contribution < 1.29 is 5.48 Å². The molecule has 0 heterocycles. The van der Waals surface area contributed by atoms with E-state index in [0.29, 0.717) is 7.92 Å². The van der Waals surface area contributed by atoms with Gasteiger partial charge in [-0.05, 0) is 18.5 Å². The van der Waals surface area contributed by atoms with Gasteiger partial charge < -0.3 is 5.48 Å². The minimum atomic E-state index is 0. The first-order chi connectivity index (χ1) is 3.35. The van der Waals surface area contributed by atoms with Crippen LogP contribution in [0.4, 0.5) is 0 Å². The zero-order valence-corrected chi connectivity index (χ0v) is 6.96.